The van der Waals surface area contributed by atoms with Crippen molar-refractivity contribution in [3.8, 4) is 12.3 Å². The van der Waals surface area contributed by atoms with Crippen LogP contribution in [-0.2, 0) is 3.42 Å². The number of alkyl halides is 1. The Balaban J connectivity index is 3.06. The van der Waals surface area contributed by atoms with Crippen molar-refractivity contribution in [1.29, 1.82) is 0 Å². The van der Waals surface area contributed by atoms with Gasteiger partial charge in [0.15, 0.2) is 0 Å². The van der Waals surface area contributed by atoms with Gasteiger partial charge < -0.3 is 0 Å². The first-order valence-corrected chi connectivity index (χ1v) is 5.03. The molecule has 1 aromatic rings. The third-order valence-corrected chi connectivity index (χ3v) is 3.64. The minimum atomic E-state index is -0.126. The van der Waals surface area contributed by atoms with Gasteiger partial charge in [-0.05, 0) is 12.0 Å². The van der Waals surface area contributed by atoms with Crippen LogP contribution in [0.15, 0.2) is 30.3 Å². The van der Waals surface area contributed by atoms with E-state index in [2.05, 4.69) is 47.6 Å². The Morgan fingerprint density at radius 3 is 2.42 bits per heavy atom. The molecule has 0 aliphatic rings. The molecule has 0 saturated carbocycles. The lowest BCUT2D eigenvalue weighted by Gasteiger charge is -2.19. The van der Waals surface area contributed by atoms with Gasteiger partial charge in [-0.2, -0.15) is 0 Å². The van der Waals surface area contributed by atoms with Crippen molar-refractivity contribution in [1.82, 2.24) is 0 Å². The van der Waals surface area contributed by atoms with Crippen molar-refractivity contribution in [2.45, 2.75) is 16.8 Å². The van der Waals surface area contributed by atoms with Crippen LogP contribution in [0.3, 0.4) is 0 Å². The van der Waals surface area contributed by atoms with E-state index < -0.39 is 0 Å². The van der Waals surface area contributed by atoms with Gasteiger partial charge in [0.25, 0.3) is 0 Å². The summed E-state index contributed by atoms with van der Waals surface area (Å²) < 4.78 is -0.126. The van der Waals surface area contributed by atoms with Gasteiger partial charge >= 0.3 is 0 Å². The van der Waals surface area contributed by atoms with Crippen LogP contribution in [0.5, 0.6) is 0 Å². The number of rotatable bonds is 2. The summed E-state index contributed by atoms with van der Waals surface area (Å²) in [5, 5.41) is 0. The van der Waals surface area contributed by atoms with Crippen molar-refractivity contribution in [2.24, 2.45) is 0 Å². The molecule has 0 N–H and O–H groups in total. The first-order chi connectivity index (χ1) is 5.73. The summed E-state index contributed by atoms with van der Waals surface area (Å²) >= 11 is 2.33. The van der Waals surface area contributed by atoms with E-state index in [4.69, 9.17) is 6.42 Å². The zero-order valence-corrected chi connectivity index (χ0v) is 9.21. The van der Waals surface area contributed by atoms with Gasteiger partial charge in [0.2, 0.25) is 0 Å². The Morgan fingerprint density at radius 2 is 2.00 bits per heavy atom. The molecule has 1 heteroatoms. The fourth-order valence-corrected chi connectivity index (χ4v) is 1.45. The molecule has 62 valence electrons. The zero-order chi connectivity index (χ0) is 9.03. The molecule has 0 heterocycles. The van der Waals surface area contributed by atoms with Gasteiger partial charge in [-0.15, -0.1) is 6.42 Å². The maximum absolute atomic E-state index is 5.49. The second-order valence-electron chi connectivity index (χ2n) is 2.67. The van der Waals surface area contributed by atoms with Gasteiger partial charge in [0.1, 0.15) is 3.42 Å². The standard InChI is InChI=1S/C11H11I/c1-3-11(12,4-2)10-8-6-5-7-9-10/h1,5-9H,4H2,2H3. The molecule has 0 aliphatic heterocycles. The molecule has 0 fully saturated rings. The molecule has 0 radical (unpaired) electrons. The van der Waals surface area contributed by atoms with Crippen molar-refractivity contribution in [2.75, 3.05) is 0 Å². The van der Waals surface area contributed by atoms with E-state index in [9.17, 15) is 0 Å². The summed E-state index contributed by atoms with van der Waals surface area (Å²) in [7, 11) is 0. The molecule has 0 amide bonds. The first kappa shape index (κ1) is 9.60. The maximum atomic E-state index is 5.49. The molecule has 1 atom stereocenters. The van der Waals surface area contributed by atoms with Gasteiger partial charge in [-0.25, -0.2) is 0 Å². The van der Waals surface area contributed by atoms with Crippen LogP contribution in [0.25, 0.3) is 0 Å². The summed E-state index contributed by atoms with van der Waals surface area (Å²) in [6, 6.07) is 10.2. The summed E-state index contributed by atoms with van der Waals surface area (Å²) in [4.78, 5) is 0. The molecule has 0 aromatic heterocycles. The molecule has 1 rings (SSSR count). The quantitative estimate of drug-likeness (QED) is 0.439. The van der Waals surface area contributed by atoms with Crippen LogP contribution in [0.2, 0.25) is 0 Å². The van der Waals surface area contributed by atoms with Crippen molar-refractivity contribution in [3.05, 3.63) is 35.9 Å². The molecule has 12 heavy (non-hydrogen) atoms. The average Bonchev–Trinajstić information content (AvgIpc) is 2.18. The Hall–Kier alpha value is -0.490. The normalized spacial score (nSPS) is 14.8. The molecule has 0 bridgehead atoms. The van der Waals surface area contributed by atoms with Gasteiger partial charge in [-0.1, -0.05) is 65.8 Å². The van der Waals surface area contributed by atoms with Crippen LogP contribution in [0, 0.1) is 12.3 Å². The third kappa shape index (κ3) is 1.81. The van der Waals surface area contributed by atoms with Crippen LogP contribution in [0.1, 0.15) is 18.9 Å². The lowest BCUT2D eigenvalue weighted by molar-refractivity contribution is 0.799. The highest BCUT2D eigenvalue weighted by Gasteiger charge is 2.22. The largest absolute Gasteiger partial charge is 0.118 e. The molecule has 1 unspecified atom stereocenters. The molecular weight excluding hydrogens is 259 g/mol. The van der Waals surface area contributed by atoms with Crippen molar-refractivity contribution < 1.29 is 0 Å². The third-order valence-electron chi connectivity index (χ3n) is 1.95. The van der Waals surface area contributed by atoms with Crippen LogP contribution >= 0.6 is 22.6 Å². The Morgan fingerprint density at radius 1 is 1.42 bits per heavy atom. The fraction of sp³-hybridized carbons (Fsp3) is 0.273. The second kappa shape index (κ2) is 3.95. The number of terminal acetylenes is 1. The number of halogens is 1. The molecule has 1 aromatic carbocycles. The van der Waals surface area contributed by atoms with Crippen molar-refractivity contribution in [3.63, 3.8) is 0 Å². The predicted molar refractivity (Wildman–Crippen MR) is 61.3 cm³/mol. The van der Waals surface area contributed by atoms with E-state index in [1.165, 1.54) is 5.56 Å². The Labute approximate surface area is 87.5 Å². The van der Waals surface area contributed by atoms with Gasteiger partial charge in [0, 0.05) is 0 Å². The minimum absolute atomic E-state index is 0.126. The number of hydrogen-bond acceptors (Lipinski definition) is 0. The van der Waals surface area contributed by atoms with Crippen LogP contribution in [-0.4, -0.2) is 0 Å². The molecule has 0 aliphatic carbocycles. The minimum Gasteiger partial charge on any atom is -0.118 e. The highest BCUT2D eigenvalue weighted by Crippen LogP contribution is 2.34. The Kier molecular flexibility index (Phi) is 3.16. The highest BCUT2D eigenvalue weighted by atomic mass is 127. The van der Waals surface area contributed by atoms with E-state index in [1.54, 1.807) is 0 Å². The molecule has 0 saturated heterocycles. The zero-order valence-electron chi connectivity index (χ0n) is 7.05. The molecule has 0 nitrogen and oxygen atoms in total. The van der Waals surface area contributed by atoms with E-state index >= 15 is 0 Å². The van der Waals surface area contributed by atoms with Crippen LogP contribution in [0.4, 0.5) is 0 Å². The summed E-state index contributed by atoms with van der Waals surface area (Å²) in [5.41, 5.74) is 1.22. The highest BCUT2D eigenvalue weighted by molar-refractivity contribution is 14.1. The van der Waals surface area contributed by atoms with E-state index in [0.717, 1.165) is 6.42 Å². The summed E-state index contributed by atoms with van der Waals surface area (Å²) in [6.07, 6.45) is 6.46. The van der Waals surface area contributed by atoms with Crippen molar-refractivity contribution >= 4 is 22.6 Å². The molecular formula is C11H11I. The van der Waals surface area contributed by atoms with Crippen LogP contribution < -0.4 is 0 Å². The average molecular weight is 270 g/mol. The first-order valence-electron chi connectivity index (χ1n) is 3.95. The summed E-state index contributed by atoms with van der Waals surface area (Å²) in [6.45, 7) is 2.11. The summed E-state index contributed by atoms with van der Waals surface area (Å²) in [5.74, 6) is 2.83. The van der Waals surface area contributed by atoms with Gasteiger partial charge in [0.05, 0.1) is 0 Å². The fourth-order valence-electron chi connectivity index (χ4n) is 1.09. The number of hydrogen-bond donors (Lipinski definition) is 0. The lowest BCUT2D eigenvalue weighted by atomic mass is 9.98. The topological polar surface area (TPSA) is 0 Å². The second-order valence-corrected chi connectivity index (χ2v) is 4.51. The lowest BCUT2D eigenvalue weighted by Crippen LogP contribution is -2.12. The Bertz CT molecular complexity index is 284. The number of benzene rings is 1. The van der Waals surface area contributed by atoms with E-state index in [-0.39, 0.29) is 3.42 Å². The maximum Gasteiger partial charge on any atom is 0.107 e. The van der Waals surface area contributed by atoms with Gasteiger partial charge in [-0.3, -0.25) is 0 Å². The smallest absolute Gasteiger partial charge is 0.107 e. The van der Waals surface area contributed by atoms with E-state index in [1.807, 2.05) is 18.2 Å². The monoisotopic (exact) mass is 270 g/mol. The predicted octanol–water partition coefficient (Wildman–Crippen LogP) is 3.36. The molecule has 0 spiro atoms. The SMILES string of the molecule is C#CC(I)(CC)c1ccccc1. The van der Waals surface area contributed by atoms with E-state index in [0.29, 0.717) is 0 Å².